The molecule has 20 heavy (non-hydrogen) atoms. The summed E-state index contributed by atoms with van der Waals surface area (Å²) in [5.74, 6) is 0.310. The lowest BCUT2D eigenvalue weighted by molar-refractivity contribution is -0.135. The summed E-state index contributed by atoms with van der Waals surface area (Å²) < 4.78 is 0. The van der Waals surface area contributed by atoms with E-state index in [0.29, 0.717) is 19.0 Å². The smallest absolute Gasteiger partial charge is 0.236 e. The number of piperidine rings is 1. The van der Waals surface area contributed by atoms with Gasteiger partial charge in [-0.05, 0) is 38.6 Å². The molecule has 0 unspecified atom stereocenters. The molecular weight excluding hydrogens is 250 g/mol. The van der Waals surface area contributed by atoms with E-state index in [0.717, 1.165) is 32.5 Å². The maximum Gasteiger partial charge on any atom is 0.236 e. The molecule has 2 fully saturated rings. The number of likely N-dealkylation sites (N-methyl/N-ethyl adjacent to an activating group) is 1. The maximum absolute atomic E-state index is 12.5. The maximum atomic E-state index is 12.5. The van der Waals surface area contributed by atoms with Crippen LogP contribution in [0.1, 0.15) is 58.3 Å². The van der Waals surface area contributed by atoms with Gasteiger partial charge in [-0.25, -0.2) is 0 Å². The highest BCUT2D eigenvalue weighted by molar-refractivity contribution is 5.78. The van der Waals surface area contributed by atoms with E-state index in [1.165, 1.54) is 38.5 Å². The van der Waals surface area contributed by atoms with Crippen LogP contribution in [0.25, 0.3) is 0 Å². The van der Waals surface area contributed by atoms with Crippen molar-refractivity contribution in [3.63, 3.8) is 0 Å². The highest BCUT2D eigenvalue weighted by Crippen LogP contribution is 2.32. The zero-order chi connectivity index (χ0) is 14.4. The second-order valence-corrected chi connectivity index (χ2v) is 6.44. The van der Waals surface area contributed by atoms with E-state index >= 15 is 0 Å². The predicted molar refractivity (Wildman–Crippen MR) is 82.5 cm³/mol. The molecule has 0 radical (unpaired) electrons. The first-order chi connectivity index (χ1) is 9.72. The van der Waals surface area contributed by atoms with Crippen molar-refractivity contribution in [3.8, 4) is 0 Å². The first-order valence-corrected chi connectivity index (χ1v) is 8.45. The third-order valence-corrected chi connectivity index (χ3v) is 5.25. The summed E-state index contributed by atoms with van der Waals surface area (Å²) in [7, 11) is 0. The van der Waals surface area contributed by atoms with Crippen molar-refractivity contribution in [2.24, 2.45) is 5.73 Å². The average molecular weight is 281 g/mol. The second-order valence-electron chi connectivity index (χ2n) is 6.44. The van der Waals surface area contributed by atoms with Crippen LogP contribution in [0.5, 0.6) is 0 Å². The van der Waals surface area contributed by atoms with Crippen LogP contribution in [0.4, 0.5) is 0 Å². The Labute approximate surface area is 123 Å². The Morgan fingerprint density at radius 1 is 1.10 bits per heavy atom. The van der Waals surface area contributed by atoms with E-state index in [-0.39, 0.29) is 5.54 Å². The van der Waals surface area contributed by atoms with Crippen LogP contribution in [0.2, 0.25) is 0 Å². The number of hydrogen-bond acceptors (Lipinski definition) is 3. The zero-order valence-electron chi connectivity index (χ0n) is 13.1. The van der Waals surface area contributed by atoms with E-state index in [1.54, 1.807) is 0 Å². The van der Waals surface area contributed by atoms with Gasteiger partial charge in [-0.15, -0.1) is 0 Å². The van der Waals surface area contributed by atoms with Crippen LogP contribution in [-0.4, -0.2) is 54.0 Å². The molecule has 116 valence electrons. The lowest BCUT2D eigenvalue weighted by Crippen LogP contribution is -2.57. The Kier molecular flexibility index (Phi) is 5.85. The topological polar surface area (TPSA) is 49.6 Å². The quantitative estimate of drug-likeness (QED) is 0.838. The van der Waals surface area contributed by atoms with Gasteiger partial charge >= 0.3 is 0 Å². The molecule has 4 nitrogen and oxygen atoms in total. The Balaban J connectivity index is 1.97. The fraction of sp³-hybridized carbons (Fsp3) is 0.938. The minimum absolute atomic E-state index is 0.0818. The fourth-order valence-corrected chi connectivity index (χ4v) is 3.88. The van der Waals surface area contributed by atoms with Gasteiger partial charge in [-0.2, -0.15) is 0 Å². The number of hydrogen-bond donors (Lipinski definition) is 1. The summed E-state index contributed by atoms with van der Waals surface area (Å²) >= 11 is 0. The van der Waals surface area contributed by atoms with Gasteiger partial charge in [0.05, 0.1) is 6.54 Å². The van der Waals surface area contributed by atoms with Crippen LogP contribution >= 0.6 is 0 Å². The minimum atomic E-state index is 0.0818. The standard InChI is InChI=1S/C16H31N3O/c1-2-19(16(14-17)9-5-3-6-10-16)13-15(20)18-11-7-4-8-12-18/h2-14,17H2,1H3. The van der Waals surface area contributed by atoms with Crippen molar-refractivity contribution < 1.29 is 4.79 Å². The summed E-state index contributed by atoms with van der Waals surface area (Å²) in [6.45, 7) is 6.24. The molecule has 1 saturated heterocycles. The molecule has 2 N–H and O–H groups in total. The molecule has 1 saturated carbocycles. The molecule has 2 rings (SSSR count). The number of carbonyl (C=O) groups is 1. The molecule has 1 heterocycles. The number of likely N-dealkylation sites (tertiary alicyclic amines) is 1. The Bertz CT molecular complexity index is 307. The largest absolute Gasteiger partial charge is 0.342 e. The predicted octanol–water partition coefficient (Wildman–Crippen LogP) is 1.98. The van der Waals surface area contributed by atoms with Gasteiger partial charge in [0, 0.05) is 25.2 Å². The molecule has 0 aromatic carbocycles. The number of nitrogens with two attached hydrogens (primary N) is 1. The van der Waals surface area contributed by atoms with E-state index in [9.17, 15) is 4.79 Å². The molecule has 4 heteroatoms. The van der Waals surface area contributed by atoms with Gasteiger partial charge in [0.25, 0.3) is 0 Å². The van der Waals surface area contributed by atoms with Gasteiger partial charge in [0.1, 0.15) is 0 Å². The van der Waals surface area contributed by atoms with Crippen molar-refractivity contribution in [2.45, 2.75) is 63.8 Å². The van der Waals surface area contributed by atoms with Gasteiger partial charge < -0.3 is 10.6 Å². The molecule has 0 spiro atoms. The SMILES string of the molecule is CCN(CC(=O)N1CCCCC1)C1(CN)CCCCC1. The van der Waals surface area contributed by atoms with Gasteiger partial charge in [-0.1, -0.05) is 26.2 Å². The van der Waals surface area contributed by atoms with Crippen molar-refractivity contribution >= 4 is 5.91 Å². The van der Waals surface area contributed by atoms with Crippen LogP contribution in [0, 0.1) is 0 Å². The first-order valence-electron chi connectivity index (χ1n) is 8.45. The van der Waals surface area contributed by atoms with Crippen molar-refractivity contribution in [2.75, 3.05) is 32.7 Å². The monoisotopic (exact) mass is 281 g/mol. The van der Waals surface area contributed by atoms with Crippen molar-refractivity contribution in [1.29, 1.82) is 0 Å². The van der Waals surface area contributed by atoms with Crippen LogP contribution < -0.4 is 5.73 Å². The van der Waals surface area contributed by atoms with E-state index < -0.39 is 0 Å². The van der Waals surface area contributed by atoms with Gasteiger partial charge in [-0.3, -0.25) is 9.69 Å². The molecular formula is C16H31N3O. The van der Waals surface area contributed by atoms with E-state index in [1.807, 2.05) is 0 Å². The molecule has 0 atom stereocenters. The van der Waals surface area contributed by atoms with Crippen LogP contribution in [-0.2, 0) is 4.79 Å². The van der Waals surface area contributed by atoms with E-state index in [4.69, 9.17) is 5.73 Å². The highest BCUT2D eigenvalue weighted by Gasteiger charge is 2.37. The molecule has 0 aromatic rings. The van der Waals surface area contributed by atoms with Gasteiger partial charge in [0.2, 0.25) is 5.91 Å². The molecule has 1 amide bonds. The first kappa shape index (κ1) is 15.8. The molecule has 0 aromatic heterocycles. The molecule has 0 bridgehead atoms. The van der Waals surface area contributed by atoms with E-state index in [2.05, 4.69) is 16.7 Å². The van der Waals surface area contributed by atoms with Crippen LogP contribution in [0.3, 0.4) is 0 Å². The Morgan fingerprint density at radius 2 is 1.70 bits per heavy atom. The lowest BCUT2D eigenvalue weighted by atomic mass is 9.80. The fourth-order valence-electron chi connectivity index (χ4n) is 3.88. The Hall–Kier alpha value is -0.610. The normalized spacial score (nSPS) is 23.1. The third-order valence-electron chi connectivity index (χ3n) is 5.25. The minimum Gasteiger partial charge on any atom is -0.342 e. The summed E-state index contributed by atoms with van der Waals surface area (Å²) in [5.41, 5.74) is 6.18. The third kappa shape index (κ3) is 3.53. The Morgan fingerprint density at radius 3 is 2.25 bits per heavy atom. The molecule has 1 aliphatic carbocycles. The summed E-state index contributed by atoms with van der Waals surface area (Å²) in [6.07, 6.45) is 9.75. The second kappa shape index (κ2) is 7.41. The summed E-state index contributed by atoms with van der Waals surface area (Å²) in [4.78, 5) is 16.9. The number of rotatable bonds is 5. The molecule has 1 aliphatic heterocycles. The summed E-state index contributed by atoms with van der Waals surface area (Å²) in [5, 5.41) is 0. The molecule has 2 aliphatic rings. The highest BCUT2D eigenvalue weighted by atomic mass is 16.2. The number of amides is 1. The lowest BCUT2D eigenvalue weighted by Gasteiger charge is -2.46. The number of nitrogens with zero attached hydrogens (tertiary/aromatic N) is 2. The van der Waals surface area contributed by atoms with Crippen LogP contribution in [0.15, 0.2) is 0 Å². The van der Waals surface area contributed by atoms with Crippen molar-refractivity contribution in [3.05, 3.63) is 0 Å². The zero-order valence-corrected chi connectivity index (χ0v) is 13.1. The number of carbonyl (C=O) groups excluding carboxylic acids is 1. The summed E-state index contributed by atoms with van der Waals surface area (Å²) in [6, 6.07) is 0. The average Bonchev–Trinajstić information content (AvgIpc) is 2.53. The van der Waals surface area contributed by atoms with Gasteiger partial charge in [0.15, 0.2) is 0 Å². The van der Waals surface area contributed by atoms with Crippen molar-refractivity contribution in [1.82, 2.24) is 9.80 Å².